The standard InChI is InChI=1S/C28H25N3O3/c1-30-24-15-18(26(32)9-10-31-11-13-34-14-12-31)7-8-21(24)28-27-22(16-19(33-2)17-25(27)30)20-5-3-4-6-23(20)29-28/h3-10,15-17H,11-14H2,1-2H3/b10-9+. The van der Waals surface area contributed by atoms with Crippen LogP contribution in [0.1, 0.15) is 10.4 Å². The van der Waals surface area contributed by atoms with Gasteiger partial charge in [-0.05, 0) is 29.7 Å². The molecule has 3 heterocycles. The van der Waals surface area contributed by atoms with Gasteiger partial charge < -0.3 is 19.3 Å². The second kappa shape index (κ2) is 8.15. The van der Waals surface area contributed by atoms with Gasteiger partial charge in [-0.1, -0.05) is 24.3 Å². The van der Waals surface area contributed by atoms with Crippen LogP contribution in [-0.4, -0.2) is 56.1 Å². The molecule has 0 radical (unpaired) electrons. The molecule has 3 aromatic carbocycles. The van der Waals surface area contributed by atoms with Gasteiger partial charge in [0.25, 0.3) is 0 Å². The molecule has 1 fully saturated rings. The third-order valence-corrected chi connectivity index (χ3v) is 6.73. The molecular formula is C28H25N3O3. The van der Waals surface area contributed by atoms with Gasteiger partial charge in [-0.3, -0.25) is 4.79 Å². The number of hydrogen-bond donors (Lipinski definition) is 0. The van der Waals surface area contributed by atoms with E-state index in [1.54, 1.807) is 13.2 Å². The minimum atomic E-state index is -0.0178. The van der Waals surface area contributed by atoms with Crippen LogP contribution in [0.5, 0.6) is 5.75 Å². The first kappa shape index (κ1) is 20.7. The van der Waals surface area contributed by atoms with Crippen molar-refractivity contribution in [2.75, 3.05) is 45.4 Å². The fourth-order valence-electron chi connectivity index (χ4n) is 4.90. The SMILES string of the molecule is COc1cc2c3c(nc4ccccc4c3c1)-c1ccc(C(=O)/C=C/N3CCOCC3)cc1N2C. The highest BCUT2D eigenvalue weighted by molar-refractivity contribution is 6.20. The maximum absolute atomic E-state index is 13.0. The van der Waals surface area contributed by atoms with Crippen LogP contribution in [0, 0.1) is 0 Å². The van der Waals surface area contributed by atoms with Crippen molar-refractivity contribution in [3.8, 4) is 17.0 Å². The number of hydrogen-bond acceptors (Lipinski definition) is 6. The number of para-hydroxylation sites is 1. The van der Waals surface area contributed by atoms with E-state index < -0.39 is 0 Å². The van der Waals surface area contributed by atoms with Gasteiger partial charge in [-0.2, -0.15) is 0 Å². The smallest absolute Gasteiger partial charge is 0.187 e. The number of ketones is 1. The number of anilines is 2. The zero-order valence-corrected chi connectivity index (χ0v) is 19.2. The Bertz CT molecular complexity index is 1470. The van der Waals surface area contributed by atoms with Crippen molar-refractivity contribution in [3.63, 3.8) is 0 Å². The van der Waals surface area contributed by atoms with E-state index in [1.165, 1.54) is 0 Å². The number of ether oxygens (including phenoxy) is 2. The number of morpholine rings is 1. The first-order chi connectivity index (χ1) is 16.6. The largest absolute Gasteiger partial charge is 0.497 e. The van der Waals surface area contributed by atoms with Gasteiger partial charge in [0.05, 0.1) is 42.9 Å². The zero-order valence-electron chi connectivity index (χ0n) is 19.2. The summed E-state index contributed by atoms with van der Waals surface area (Å²) in [5.74, 6) is 0.775. The molecule has 6 heteroatoms. The van der Waals surface area contributed by atoms with Gasteiger partial charge in [0, 0.05) is 60.4 Å². The minimum absolute atomic E-state index is 0.0178. The molecule has 6 nitrogen and oxygen atoms in total. The second-order valence-electron chi connectivity index (χ2n) is 8.67. The molecule has 6 rings (SSSR count). The number of allylic oxidation sites excluding steroid dienone is 1. The number of carbonyl (C=O) groups is 1. The molecule has 0 amide bonds. The molecule has 170 valence electrons. The van der Waals surface area contributed by atoms with E-state index in [-0.39, 0.29) is 5.78 Å². The Morgan fingerprint density at radius 2 is 1.85 bits per heavy atom. The third-order valence-electron chi connectivity index (χ3n) is 6.73. The Balaban J connectivity index is 1.48. The van der Waals surface area contributed by atoms with Crippen molar-refractivity contribution in [1.82, 2.24) is 9.88 Å². The number of fused-ring (bicyclic) bond motifs is 4. The van der Waals surface area contributed by atoms with Crippen LogP contribution in [0.3, 0.4) is 0 Å². The number of rotatable bonds is 4. The maximum Gasteiger partial charge on any atom is 0.187 e. The number of pyridine rings is 1. The van der Waals surface area contributed by atoms with Crippen molar-refractivity contribution in [2.45, 2.75) is 0 Å². The molecule has 34 heavy (non-hydrogen) atoms. The number of nitrogens with zero attached hydrogens (tertiary/aromatic N) is 3. The Hall–Kier alpha value is -3.90. The van der Waals surface area contributed by atoms with Crippen LogP contribution in [0.4, 0.5) is 11.4 Å². The van der Waals surface area contributed by atoms with Gasteiger partial charge in [0.15, 0.2) is 5.78 Å². The summed E-state index contributed by atoms with van der Waals surface area (Å²) in [5, 5.41) is 3.31. The summed E-state index contributed by atoms with van der Waals surface area (Å²) >= 11 is 0. The number of aromatic nitrogens is 1. The van der Waals surface area contributed by atoms with Crippen LogP contribution in [0.2, 0.25) is 0 Å². The Kier molecular flexibility index (Phi) is 4.96. The lowest BCUT2D eigenvalue weighted by Gasteiger charge is -2.31. The lowest BCUT2D eigenvalue weighted by Crippen LogP contribution is -2.32. The molecule has 2 aliphatic heterocycles. The Labute approximate surface area is 198 Å². The summed E-state index contributed by atoms with van der Waals surface area (Å²) in [4.78, 5) is 22.3. The first-order valence-corrected chi connectivity index (χ1v) is 11.5. The predicted molar refractivity (Wildman–Crippen MR) is 135 cm³/mol. The van der Waals surface area contributed by atoms with Crippen LogP contribution in [0.25, 0.3) is 32.9 Å². The summed E-state index contributed by atoms with van der Waals surface area (Å²) < 4.78 is 11.0. The van der Waals surface area contributed by atoms with E-state index >= 15 is 0 Å². The van der Waals surface area contributed by atoms with Crippen molar-refractivity contribution in [2.24, 2.45) is 0 Å². The molecule has 0 N–H and O–H groups in total. The van der Waals surface area contributed by atoms with Gasteiger partial charge >= 0.3 is 0 Å². The average molecular weight is 452 g/mol. The van der Waals surface area contributed by atoms with E-state index in [2.05, 4.69) is 21.9 Å². The molecule has 0 unspecified atom stereocenters. The van der Waals surface area contributed by atoms with E-state index in [9.17, 15) is 4.79 Å². The highest BCUT2D eigenvalue weighted by atomic mass is 16.5. The van der Waals surface area contributed by atoms with Crippen LogP contribution < -0.4 is 9.64 Å². The van der Waals surface area contributed by atoms with E-state index in [4.69, 9.17) is 14.5 Å². The average Bonchev–Trinajstić information content (AvgIpc) is 2.90. The maximum atomic E-state index is 13.0. The number of methoxy groups -OCH3 is 1. The lowest BCUT2D eigenvalue weighted by molar-refractivity contribution is 0.0591. The normalized spacial score (nSPS) is 15.2. The summed E-state index contributed by atoms with van der Waals surface area (Å²) in [5.41, 5.74) is 5.51. The van der Waals surface area contributed by atoms with E-state index in [0.717, 1.165) is 63.1 Å². The van der Waals surface area contributed by atoms with Crippen LogP contribution in [0.15, 0.2) is 66.9 Å². The van der Waals surface area contributed by atoms with Gasteiger partial charge in [-0.15, -0.1) is 0 Å². The summed E-state index contributed by atoms with van der Waals surface area (Å²) in [6.07, 6.45) is 3.53. The molecule has 0 saturated carbocycles. The topological polar surface area (TPSA) is 54.9 Å². The second-order valence-corrected chi connectivity index (χ2v) is 8.67. The van der Waals surface area contributed by atoms with Crippen molar-refractivity contribution < 1.29 is 14.3 Å². The fraction of sp³-hybridized carbons (Fsp3) is 0.214. The molecule has 1 saturated heterocycles. The summed E-state index contributed by atoms with van der Waals surface area (Å²) in [6, 6.07) is 18.2. The minimum Gasteiger partial charge on any atom is -0.497 e. The predicted octanol–water partition coefficient (Wildman–Crippen LogP) is 5.17. The zero-order chi connectivity index (χ0) is 23.2. The molecule has 0 spiro atoms. The van der Waals surface area contributed by atoms with Crippen molar-refractivity contribution in [3.05, 3.63) is 72.4 Å². The monoisotopic (exact) mass is 451 g/mol. The van der Waals surface area contributed by atoms with Crippen molar-refractivity contribution in [1.29, 1.82) is 0 Å². The summed E-state index contributed by atoms with van der Waals surface area (Å²) in [6.45, 7) is 2.99. The molecule has 0 atom stereocenters. The van der Waals surface area contributed by atoms with E-state index in [0.29, 0.717) is 18.8 Å². The highest BCUT2D eigenvalue weighted by Gasteiger charge is 2.26. The van der Waals surface area contributed by atoms with Gasteiger partial charge in [-0.25, -0.2) is 4.98 Å². The molecule has 2 aliphatic rings. The molecule has 0 aliphatic carbocycles. The van der Waals surface area contributed by atoms with Gasteiger partial charge in [0.1, 0.15) is 5.75 Å². The quantitative estimate of drug-likeness (QED) is 0.242. The third kappa shape index (κ3) is 3.30. The Morgan fingerprint density at radius 3 is 2.68 bits per heavy atom. The number of benzene rings is 3. The number of carbonyl (C=O) groups excluding carboxylic acids is 1. The molecular weight excluding hydrogens is 426 g/mol. The summed E-state index contributed by atoms with van der Waals surface area (Å²) in [7, 11) is 3.72. The molecule has 0 bridgehead atoms. The van der Waals surface area contributed by atoms with Gasteiger partial charge in [0.2, 0.25) is 0 Å². The van der Waals surface area contributed by atoms with E-state index in [1.807, 2.05) is 55.7 Å². The van der Waals surface area contributed by atoms with Crippen LogP contribution in [-0.2, 0) is 4.74 Å². The van der Waals surface area contributed by atoms with Crippen LogP contribution >= 0.6 is 0 Å². The Morgan fingerprint density at radius 1 is 1.03 bits per heavy atom. The lowest BCUT2D eigenvalue weighted by atomic mass is 9.92. The first-order valence-electron chi connectivity index (χ1n) is 11.5. The fourth-order valence-corrected chi connectivity index (χ4v) is 4.90. The molecule has 1 aromatic heterocycles. The van der Waals surface area contributed by atoms with Crippen molar-refractivity contribution >= 4 is 38.8 Å². The molecule has 4 aromatic rings. The highest BCUT2D eigenvalue weighted by Crippen LogP contribution is 2.49.